The Morgan fingerprint density at radius 3 is 2.69 bits per heavy atom. The molecule has 3 heterocycles. The minimum atomic E-state index is -3.69. The van der Waals surface area contributed by atoms with E-state index in [0.717, 1.165) is 32.1 Å². The van der Waals surface area contributed by atoms with Crippen LogP contribution in [-0.4, -0.2) is 47.9 Å². The van der Waals surface area contributed by atoms with Crippen LogP contribution in [0.4, 0.5) is 0 Å². The van der Waals surface area contributed by atoms with E-state index in [1.807, 2.05) is 0 Å². The zero-order chi connectivity index (χ0) is 20.6. The van der Waals surface area contributed by atoms with E-state index in [4.69, 9.17) is 4.52 Å². The fourth-order valence-electron chi connectivity index (χ4n) is 4.13. The zero-order valence-corrected chi connectivity index (χ0v) is 18.3. The molecule has 2 fully saturated rings. The summed E-state index contributed by atoms with van der Waals surface area (Å²) in [4.78, 5) is 18.4. The number of hydrogen-bond acceptors (Lipinski definition) is 7. The zero-order valence-electron chi connectivity index (χ0n) is 16.7. The van der Waals surface area contributed by atoms with Gasteiger partial charge in [-0.1, -0.05) is 18.0 Å². The Bertz CT molecular complexity index is 992. The molecular formula is C19H26N4O4S2. The molecule has 2 aliphatic rings. The number of carbonyl (C=O) groups excluding carboxylic acids is 1. The van der Waals surface area contributed by atoms with Crippen molar-refractivity contribution >= 4 is 27.3 Å². The fraction of sp³-hybridized carbons (Fsp3) is 0.632. The van der Waals surface area contributed by atoms with Crippen LogP contribution in [0.2, 0.25) is 0 Å². The van der Waals surface area contributed by atoms with Gasteiger partial charge >= 0.3 is 0 Å². The molecule has 0 radical (unpaired) electrons. The third-order valence-electron chi connectivity index (χ3n) is 5.69. The summed E-state index contributed by atoms with van der Waals surface area (Å²) in [5, 5.41) is 7.00. The Hall–Kier alpha value is -1.78. The van der Waals surface area contributed by atoms with Crippen molar-refractivity contribution in [1.82, 2.24) is 19.8 Å². The first-order valence-corrected chi connectivity index (χ1v) is 12.3. The Kier molecular flexibility index (Phi) is 5.76. The van der Waals surface area contributed by atoms with Crippen molar-refractivity contribution in [2.75, 3.05) is 13.1 Å². The molecule has 0 spiro atoms. The van der Waals surface area contributed by atoms with Crippen molar-refractivity contribution in [3.8, 4) is 10.7 Å². The molecule has 0 aromatic carbocycles. The molecular weight excluding hydrogens is 412 g/mol. The molecule has 1 saturated carbocycles. The number of rotatable bonds is 5. The molecule has 1 atom stereocenters. The summed E-state index contributed by atoms with van der Waals surface area (Å²) in [6, 6.07) is 1.86. The molecule has 0 bridgehead atoms. The van der Waals surface area contributed by atoms with Gasteiger partial charge in [0.25, 0.3) is 0 Å². The van der Waals surface area contributed by atoms with Gasteiger partial charge in [0.05, 0.1) is 15.7 Å². The van der Waals surface area contributed by atoms with Gasteiger partial charge in [0, 0.05) is 30.9 Å². The SMILES string of the molecule is Cc1nc(-c2cc(S(=O)(=O)N3CCCC(C(=O)NC4CCCC4)C3)c(C)s2)no1. The monoisotopic (exact) mass is 438 g/mol. The summed E-state index contributed by atoms with van der Waals surface area (Å²) in [5.74, 6) is 0.520. The maximum atomic E-state index is 13.3. The maximum absolute atomic E-state index is 13.3. The lowest BCUT2D eigenvalue weighted by atomic mass is 9.98. The molecule has 1 aliphatic heterocycles. The number of sulfonamides is 1. The quantitative estimate of drug-likeness (QED) is 0.769. The Labute approximate surface area is 174 Å². The van der Waals surface area contributed by atoms with Crippen molar-refractivity contribution in [3.05, 3.63) is 16.8 Å². The molecule has 1 unspecified atom stereocenters. The van der Waals surface area contributed by atoms with Gasteiger partial charge in [0.15, 0.2) is 0 Å². The second-order valence-corrected chi connectivity index (χ2v) is 11.0. The average Bonchev–Trinajstić information content (AvgIpc) is 3.43. The number of aryl methyl sites for hydroxylation is 2. The number of nitrogens with one attached hydrogen (secondary N) is 1. The largest absolute Gasteiger partial charge is 0.353 e. The van der Waals surface area contributed by atoms with Crippen LogP contribution in [0.3, 0.4) is 0 Å². The fourth-order valence-corrected chi connectivity index (χ4v) is 7.14. The number of thiophene rings is 1. The van der Waals surface area contributed by atoms with Crippen LogP contribution in [0.5, 0.6) is 0 Å². The van der Waals surface area contributed by atoms with E-state index in [0.29, 0.717) is 34.4 Å². The first-order chi connectivity index (χ1) is 13.8. The summed E-state index contributed by atoms with van der Waals surface area (Å²) in [6.07, 6.45) is 5.74. The Balaban J connectivity index is 1.51. The molecule has 158 valence electrons. The highest BCUT2D eigenvalue weighted by molar-refractivity contribution is 7.89. The predicted molar refractivity (Wildman–Crippen MR) is 109 cm³/mol. The minimum absolute atomic E-state index is 0.0122. The van der Waals surface area contributed by atoms with Crippen LogP contribution in [0.15, 0.2) is 15.5 Å². The summed E-state index contributed by atoms with van der Waals surface area (Å²) in [5.41, 5.74) is 0. The predicted octanol–water partition coefficient (Wildman–Crippen LogP) is 2.87. The summed E-state index contributed by atoms with van der Waals surface area (Å²) in [6.45, 7) is 4.13. The molecule has 1 saturated heterocycles. The number of amides is 1. The molecule has 29 heavy (non-hydrogen) atoms. The first-order valence-electron chi connectivity index (χ1n) is 10.1. The van der Waals surface area contributed by atoms with Crippen molar-refractivity contribution in [3.63, 3.8) is 0 Å². The minimum Gasteiger partial charge on any atom is -0.353 e. The van der Waals surface area contributed by atoms with Gasteiger partial charge < -0.3 is 9.84 Å². The molecule has 4 rings (SSSR count). The second-order valence-electron chi connectivity index (χ2n) is 7.86. The molecule has 1 amide bonds. The Morgan fingerprint density at radius 1 is 1.24 bits per heavy atom. The molecule has 2 aromatic rings. The summed E-state index contributed by atoms with van der Waals surface area (Å²) < 4.78 is 33.1. The van der Waals surface area contributed by atoms with Gasteiger partial charge in [-0.2, -0.15) is 9.29 Å². The van der Waals surface area contributed by atoms with Crippen molar-refractivity contribution in [2.45, 2.75) is 63.3 Å². The lowest BCUT2D eigenvalue weighted by Gasteiger charge is -2.31. The van der Waals surface area contributed by atoms with E-state index in [-0.39, 0.29) is 29.3 Å². The normalized spacial score (nSPS) is 21.5. The van der Waals surface area contributed by atoms with Gasteiger partial charge in [-0.3, -0.25) is 4.79 Å². The topological polar surface area (TPSA) is 105 Å². The average molecular weight is 439 g/mol. The van der Waals surface area contributed by atoms with Gasteiger partial charge in [-0.05, 0) is 38.7 Å². The van der Waals surface area contributed by atoms with E-state index in [2.05, 4.69) is 15.5 Å². The van der Waals surface area contributed by atoms with Gasteiger partial charge in [-0.15, -0.1) is 11.3 Å². The highest BCUT2D eigenvalue weighted by Gasteiger charge is 2.35. The van der Waals surface area contributed by atoms with Crippen LogP contribution in [0, 0.1) is 19.8 Å². The first kappa shape index (κ1) is 20.5. The summed E-state index contributed by atoms with van der Waals surface area (Å²) in [7, 11) is -3.69. The van der Waals surface area contributed by atoms with Gasteiger partial charge in [0.1, 0.15) is 0 Å². The van der Waals surface area contributed by atoms with Crippen LogP contribution in [0.25, 0.3) is 10.7 Å². The molecule has 10 heteroatoms. The van der Waals surface area contributed by atoms with Crippen LogP contribution in [0.1, 0.15) is 49.3 Å². The van der Waals surface area contributed by atoms with Crippen molar-refractivity contribution < 1.29 is 17.7 Å². The van der Waals surface area contributed by atoms with Crippen LogP contribution < -0.4 is 5.32 Å². The number of aromatic nitrogens is 2. The van der Waals surface area contributed by atoms with E-state index >= 15 is 0 Å². The molecule has 2 aromatic heterocycles. The summed E-state index contributed by atoms with van der Waals surface area (Å²) >= 11 is 1.33. The van der Waals surface area contributed by atoms with Crippen LogP contribution in [-0.2, 0) is 14.8 Å². The molecule has 1 N–H and O–H groups in total. The number of nitrogens with zero attached hydrogens (tertiary/aromatic N) is 3. The standard InChI is InChI=1S/C19H26N4O4S2/c1-12-17(10-16(28-12)18-20-13(2)27-22-18)29(25,26)23-9-5-6-14(11-23)19(24)21-15-7-3-4-8-15/h10,14-15H,3-9,11H2,1-2H3,(H,21,24). The van der Waals surface area contributed by atoms with Gasteiger partial charge in [0.2, 0.25) is 27.6 Å². The van der Waals surface area contributed by atoms with Gasteiger partial charge in [-0.25, -0.2) is 8.42 Å². The molecule has 8 nitrogen and oxygen atoms in total. The van der Waals surface area contributed by atoms with Crippen molar-refractivity contribution in [2.24, 2.45) is 5.92 Å². The number of hydrogen-bond donors (Lipinski definition) is 1. The lowest BCUT2D eigenvalue weighted by molar-refractivity contribution is -0.126. The highest BCUT2D eigenvalue weighted by atomic mass is 32.2. The smallest absolute Gasteiger partial charge is 0.244 e. The van der Waals surface area contributed by atoms with Crippen LogP contribution >= 0.6 is 11.3 Å². The number of piperidine rings is 1. The van der Waals surface area contributed by atoms with E-state index in [9.17, 15) is 13.2 Å². The third kappa shape index (κ3) is 4.24. The number of carbonyl (C=O) groups is 1. The highest BCUT2D eigenvalue weighted by Crippen LogP contribution is 2.35. The Morgan fingerprint density at radius 2 is 2.00 bits per heavy atom. The van der Waals surface area contributed by atoms with E-state index in [1.165, 1.54) is 15.6 Å². The molecule has 1 aliphatic carbocycles. The van der Waals surface area contributed by atoms with Crippen molar-refractivity contribution in [1.29, 1.82) is 0 Å². The maximum Gasteiger partial charge on any atom is 0.244 e. The van der Waals surface area contributed by atoms with E-state index < -0.39 is 10.0 Å². The lowest BCUT2D eigenvalue weighted by Crippen LogP contribution is -2.47. The van der Waals surface area contributed by atoms with E-state index in [1.54, 1.807) is 19.9 Å². The third-order valence-corrected chi connectivity index (χ3v) is 8.86. The second kappa shape index (κ2) is 8.16.